The molecule has 1 nitrogen and oxygen atoms in total. The van der Waals surface area contributed by atoms with Crippen molar-refractivity contribution in [3.8, 4) is 0 Å². The quantitative estimate of drug-likeness (QED) is 0.301. The summed E-state index contributed by atoms with van der Waals surface area (Å²) in [6.45, 7) is 3.56. The van der Waals surface area contributed by atoms with Crippen LogP contribution in [0.2, 0.25) is 0 Å². The van der Waals surface area contributed by atoms with Crippen molar-refractivity contribution < 1.29 is 0 Å². The van der Waals surface area contributed by atoms with E-state index in [0.29, 0.717) is 0 Å². The fourth-order valence-electron chi connectivity index (χ4n) is 2.96. The Morgan fingerprint density at radius 2 is 1.19 bits per heavy atom. The maximum Gasteiger partial charge on any atom is 0.0675 e. The van der Waals surface area contributed by atoms with E-state index in [2.05, 4.69) is 23.4 Å². The largest absolute Gasteiger partial charge is 0.367 e. The molecule has 0 unspecified atom stereocenters. The first-order chi connectivity index (χ1) is 10.4. The highest BCUT2D eigenvalue weighted by molar-refractivity contribution is 8.02. The Hall–Kier alpha value is -0.110. The molecule has 0 aromatic carbocycles. The third-order valence-electron chi connectivity index (χ3n) is 4.41. The van der Waals surface area contributed by atoms with Gasteiger partial charge in [0, 0.05) is 12.7 Å². The lowest BCUT2D eigenvalue weighted by Crippen LogP contribution is -2.14. The van der Waals surface area contributed by atoms with Gasteiger partial charge in [0.25, 0.3) is 0 Å². The van der Waals surface area contributed by atoms with Crippen molar-refractivity contribution in [1.82, 2.24) is 4.90 Å². The molecule has 1 aliphatic heterocycles. The van der Waals surface area contributed by atoms with E-state index in [1.165, 1.54) is 102 Å². The molecule has 0 atom stereocenters. The molecular formula is C19H37NS. The van der Waals surface area contributed by atoms with Crippen LogP contribution in [-0.2, 0) is 0 Å². The highest BCUT2D eigenvalue weighted by atomic mass is 32.2. The molecule has 0 aromatic rings. The average molecular weight is 312 g/mol. The molecule has 0 radical (unpaired) electrons. The summed E-state index contributed by atoms with van der Waals surface area (Å²) < 4.78 is 0. The van der Waals surface area contributed by atoms with Crippen LogP contribution in [0.25, 0.3) is 0 Å². The lowest BCUT2D eigenvalue weighted by molar-refractivity contribution is 0.420. The molecule has 0 fully saturated rings. The molecule has 0 amide bonds. The van der Waals surface area contributed by atoms with Gasteiger partial charge in [-0.05, 0) is 11.8 Å². The zero-order valence-corrected chi connectivity index (χ0v) is 15.1. The van der Waals surface area contributed by atoms with E-state index in [9.17, 15) is 0 Å². The molecule has 124 valence electrons. The number of hydrogen-bond acceptors (Lipinski definition) is 2. The van der Waals surface area contributed by atoms with Crippen molar-refractivity contribution in [1.29, 1.82) is 0 Å². The predicted molar refractivity (Wildman–Crippen MR) is 98.6 cm³/mol. The molecule has 21 heavy (non-hydrogen) atoms. The fraction of sp³-hybridized carbons (Fsp3) is 0.895. The molecule has 0 saturated heterocycles. The number of hydrogen-bond donors (Lipinski definition) is 0. The summed E-state index contributed by atoms with van der Waals surface area (Å²) >= 11 is 1.91. The van der Waals surface area contributed by atoms with E-state index in [4.69, 9.17) is 0 Å². The van der Waals surface area contributed by atoms with Crippen molar-refractivity contribution in [3.05, 3.63) is 11.6 Å². The first-order valence-electron chi connectivity index (χ1n) is 9.46. The fourth-order valence-corrected chi connectivity index (χ4v) is 3.71. The van der Waals surface area contributed by atoms with E-state index in [1.54, 1.807) is 0 Å². The molecule has 1 heterocycles. The minimum Gasteiger partial charge on any atom is -0.367 e. The molecular weight excluding hydrogens is 274 g/mol. The second-order valence-corrected chi connectivity index (χ2v) is 7.35. The summed E-state index contributed by atoms with van der Waals surface area (Å²) in [5.74, 6) is 1.18. The van der Waals surface area contributed by atoms with Gasteiger partial charge in [-0.3, -0.25) is 0 Å². The van der Waals surface area contributed by atoms with Crippen LogP contribution >= 0.6 is 11.8 Å². The second-order valence-electron chi connectivity index (χ2n) is 6.49. The van der Waals surface area contributed by atoms with Crippen molar-refractivity contribution in [2.75, 3.05) is 12.4 Å². The van der Waals surface area contributed by atoms with Gasteiger partial charge in [0.2, 0.25) is 0 Å². The molecule has 0 aromatic heterocycles. The summed E-state index contributed by atoms with van der Waals surface area (Å²) in [4.78, 5) is 2.44. The van der Waals surface area contributed by atoms with Crippen LogP contribution in [0, 0.1) is 0 Å². The van der Waals surface area contributed by atoms with Crippen molar-refractivity contribution in [2.24, 2.45) is 0 Å². The molecule has 0 aliphatic carbocycles. The Morgan fingerprint density at radius 3 is 1.62 bits per heavy atom. The van der Waals surface area contributed by atoms with Gasteiger partial charge in [-0.25, -0.2) is 0 Å². The smallest absolute Gasteiger partial charge is 0.0675 e. The Labute approximate surface area is 137 Å². The van der Waals surface area contributed by atoms with Crippen molar-refractivity contribution in [3.63, 3.8) is 0 Å². The van der Waals surface area contributed by atoms with Crippen LogP contribution in [0.5, 0.6) is 0 Å². The van der Waals surface area contributed by atoms with E-state index >= 15 is 0 Å². The minimum absolute atomic E-state index is 1.18. The Kier molecular flexibility index (Phi) is 13.4. The maximum atomic E-state index is 2.44. The number of nitrogens with zero attached hydrogens (tertiary/aromatic N) is 1. The summed E-state index contributed by atoms with van der Waals surface area (Å²) in [7, 11) is 0. The monoisotopic (exact) mass is 311 g/mol. The molecule has 0 saturated carbocycles. The molecule has 0 N–H and O–H groups in total. The van der Waals surface area contributed by atoms with E-state index in [-0.39, 0.29) is 0 Å². The Balaban J connectivity index is 1.66. The van der Waals surface area contributed by atoms with Gasteiger partial charge < -0.3 is 4.90 Å². The first-order valence-corrected chi connectivity index (χ1v) is 10.5. The zero-order chi connectivity index (χ0) is 15.0. The van der Waals surface area contributed by atoms with Gasteiger partial charge >= 0.3 is 0 Å². The third-order valence-corrected chi connectivity index (χ3v) is 5.20. The maximum absolute atomic E-state index is 2.44. The minimum atomic E-state index is 1.18. The summed E-state index contributed by atoms with van der Waals surface area (Å²) in [5, 5.41) is 2.21. The van der Waals surface area contributed by atoms with E-state index in [0.717, 1.165) is 0 Å². The predicted octanol–water partition coefficient (Wildman–Crippen LogP) is 6.95. The number of rotatable bonds is 15. The number of unbranched alkanes of at least 4 members (excludes halogenated alkanes) is 13. The SMILES string of the molecule is CCCCCCCCCCCCCCCCN1C=CSC1. The molecule has 0 spiro atoms. The van der Waals surface area contributed by atoms with Crippen molar-refractivity contribution in [2.45, 2.75) is 96.8 Å². The van der Waals surface area contributed by atoms with Gasteiger partial charge in [-0.2, -0.15) is 0 Å². The van der Waals surface area contributed by atoms with Gasteiger partial charge in [-0.1, -0.05) is 90.4 Å². The lowest BCUT2D eigenvalue weighted by atomic mass is 10.0. The van der Waals surface area contributed by atoms with Crippen LogP contribution in [0.1, 0.15) is 96.8 Å². The van der Waals surface area contributed by atoms with E-state index < -0.39 is 0 Å². The average Bonchev–Trinajstić information content (AvgIpc) is 3.01. The normalized spacial score (nSPS) is 14.2. The highest BCUT2D eigenvalue weighted by Crippen LogP contribution is 2.16. The van der Waals surface area contributed by atoms with Gasteiger partial charge in [0.05, 0.1) is 5.88 Å². The Morgan fingerprint density at radius 1 is 0.714 bits per heavy atom. The summed E-state index contributed by atoms with van der Waals surface area (Å²) in [6.07, 6.45) is 22.5. The van der Waals surface area contributed by atoms with Gasteiger partial charge in [0.1, 0.15) is 0 Å². The van der Waals surface area contributed by atoms with Crippen molar-refractivity contribution >= 4 is 11.8 Å². The molecule has 1 rings (SSSR count). The third kappa shape index (κ3) is 12.1. The molecule has 1 aliphatic rings. The van der Waals surface area contributed by atoms with Crippen LogP contribution in [0.3, 0.4) is 0 Å². The molecule has 2 heteroatoms. The molecule has 0 bridgehead atoms. The Bertz CT molecular complexity index is 240. The highest BCUT2D eigenvalue weighted by Gasteiger charge is 2.02. The zero-order valence-electron chi connectivity index (χ0n) is 14.3. The summed E-state index contributed by atoms with van der Waals surface area (Å²) in [6, 6.07) is 0. The topological polar surface area (TPSA) is 3.24 Å². The van der Waals surface area contributed by atoms with Crippen LogP contribution in [0.4, 0.5) is 0 Å². The van der Waals surface area contributed by atoms with Gasteiger partial charge in [0.15, 0.2) is 0 Å². The lowest BCUT2D eigenvalue weighted by Gasteiger charge is -2.13. The van der Waals surface area contributed by atoms with E-state index in [1.807, 2.05) is 11.8 Å². The number of thioether (sulfide) groups is 1. The van der Waals surface area contributed by atoms with Crippen LogP contribution < -0.4 is 0 Å². The van der Waals surface area contributed by atoms with Crippen LogP contribution in [-0.4, -0.2) is 17.3 Å². The van der Waals surface area contributed by atoms with Gasteiger partial charge in [-0.15, -0.1) is 11.8 Å². The summed E-state index contributed by atoms with van der Waals surface area (Å²) in [5.41, 5.74) is 0. The second kappa shape index (κ2) is 14.8. The van der Waals surface area contributed by atoms with Crippen LogP contribution in [0.15, 0.2) is 11.6 Å². The first kappa shape index (κ1) is 18.9. The standard InChI is InChI=1S/C19H37NS/c1-2-3-4-5-6-7-8-9-10-11-12-13-14-15-16-20-17-18-21-19-20/h17-18H,2-16,19H2,1H3.